The first-order valence-electron chi connectivity index (χ1n) is 7.38. The highest BCUT2D eigenvalue weighted by Gasteiger charge is 2.31. The highest BCUT2D eigenvalue weighted by molar-refractivity contribution is 9.13. The Morgan fingerprint density at radius 2 is 2.14 bits per heavy atom. The summed E-state index contributed by atoms with van der Waals surface area (Å²) in [5, 5.41) is 6.43. The van der Waals surface area contributed by atoms with E-state index in [0.717, 1.165) is 14.8 Å². The number of hydrogen-bond donors (Lipinski definition) is 2. The predicted molar refractivity (Wildman–Crippen MR) is 97.3 cm³/mol. The van der Waals surface area contributed by atoms with E-state index >= 15 is 0 Å². The molecule has 2 rings (SSSR count). The van der Waals surface area contributed by atoms with Gasteiger partial charge in [-0.1, -0.05) is 0 Å². The Balaban J connectivity index is 1.79. The quantitative estimate of drug-likeness (QED) is 0.658. The SMILES string of the molecule is CC(C)(C)OC(=O)NCC(NCc1cc(Br)c(Br)s1)C1CC1. The van der Waals surface area contributed by atoms with E-state index in [9.17, 15) is 4.79 Å². The Hall–Kier alpha value is -0.110. The second kappa shape index (κ2) is 7.64. The Kier molecular flexibility index (Phi) is 6.33. The topological polar surface area (TPSA) is 50.4 Å². The number of thiophene rings is 1. The molecule has 1 aliphatic rings. The Morgan fingerprint density at radius 3 is 2.64 bits per heavy atom. The van der Waals surface area contributed by atoms with Gasteiger partial charge in [0.25, 0.3) is 0 Å². The van der Waals surface area contributed by atoms with Crippen LogP contribution in [0.25, 0.3) is 0 Å². The van der Waals surface area contributed by atoms with Crippen molar-refractivity contribution in [2.45, 2.75) is 51.8 Å². The second-order valence-corrected chi connectivity index (χ2v) is 9.85. The molecule has 1 aliphatic carbocycles. The van der Waals surface area contributed by atoms with E-state index in [-0.39, 0.29) is 6.09 Å². The lowest BCUT2D eigenvalue weighted by Gasteiger charge is -2.22. The van der Waals surface area contributed by atoms with Crippen molar-refractivity contribution in [1.29, 1.82) is 0 Å². The number of carbonyl (C=O) groups is 1. The zero-order chi connectivity index (χ0) is 16.3. The Morgan fingerprint density at radius 1 is 1.45 bits per heavy atom. The van der Waals surface area contributed by atoms with Crippen molar-refractivity contribution in [3.8, 4) is 0 Å². The third-order valence-electron chi connectivity index (χ3n) is 3.29. The number of ether oxygens (including phenoxy) is 1. The minimum Gasteiger partial charge on any atom is -0.444 e. The molecule has 1 amide bonds. The molecule has 0 aromatic carbocycles. The molecule has 4 nitrogen and oxygen atoms in total. The second-order valence-electron chi connectivity index (χ2n) is 6.54. The molecule has 1 atom stereocenters. The molecular formula is C15H22Br2N2O2S. The molecule has 1 aromatic rings. The van der Waals surface area contributed by atoms with E-state index < -0.39 is 5.60 Å². The van der Waals surface area contributed by atoms with E-state index in [0.29, 0.717) is 18.5 Å². The summed E-state index contributed by atoms with van der Waals surface area (Å²) in [6, 6.07) is 2.42. The maximum absolute atomic E-state index is 11.8. The third kappa shape index (κ3) is 6.18. The minimum atomic E-state index is -0.456. The summed E-state index contributed by atoms with van der Waals surface area (Å²) in [5.74, 6) is 0.654. The van der Waals surface area contributed by atoms with Gasteiger partial charge in [0, 0.05) is 28.5 Å². The minimum absolute atomic E-state index is 0.298. The standard InChI is InChI=1S/C15H22Br2N2O2S/c1-15(2,3)21-14(20)19-8-12(9-4-5-9)18-7-10-6-11(16)13(17)22-10/h6,9,12,18H,4-5,7-8H2,1-3H3,(H,19,20). The lowest BCUT2D eigenvalue weighted by atomic mass is 10.2. The highest BCUT2D eigenvalue weighted by Crippen LogP contribution is 2.34. The molecule has 0 radical (unpaired) electrons. The molecule has 0 bridgehead atoms. The number of nitrogens with one attached hydrogen (secondary N) is 2. The molecule has 1 saturated carbocycles. The Bertz CT molecular complexity index is 505. The zero-order valence-electron chi connectivity index (χ0n) is 13.0. The van der Waals surface area contributed by atoms with E-state index in [1.807, 2.05) is 20.8 Å². The fraction of sp³-hybridized carbons (Fsp3) is 0.667. The van der Waals surface area contributed by atoms with Gasteiger partial charge in [-0.05, 0) is 77.5 Å². The van der Waals surface area contributed by atoms with Crippen LogP contribution in [-0.4, -0.2) is 24.3 Å². The molecule has 2 N–H and O–H groups in total. The van der Waals surface area contributed by atoms with Crippen LogP contribution in [0, 0.1) is 5.92 Å². The summed E-state index contributed by atoms with van der Waals surface area (Å²) >= 11 is 8.73. The van der Waals surface area contributed by atoms with Crippen LogP contribution in [-0.2, 0) is 11.3 Å². The first-order chi connectivity index (χ1) is 10.2. The van der Waals surface area contributed by atoms with Crippen molar-refractivity contribution < 1.29 is 9.53 Å². The van der Waals surface area contributed by atoms with Gasteiger partial charge in [0.15, 0.2) is 0 Å². The van der Waals surface area contributed by atoms with Crippen molar-refractivity contribution in [2.75, 3.05) is 6.54 Å². The van der Waals surface area contributed by atoms with Crippen LogP contribution in [0.1, 0.15) is 38.5 Å². The third-order valence-corrected chi connectivity index (χ3v) is 6.55. The molecule has 1 unspecified atom stereocenters. The normalized spacial score (nSPS) is 16.4. The molecule has 1 fully saturated rings. The van der Waals surface area contributed by atoms with Gasteiger partial charge < -0.3 is 15.4 Å². The van der Waals surface area contributed by atoms with Crippen LogP contribution in [0.2, 0.25) is 0 Å². The number of halogens is 2. The van der Waals surface area contributed by atoms with Crippen LogP contribution >= 0.6 is 43.2 Å². The van der Waals surface area contributed by atoms with Gasteiger partial charge in [-0.3, -0.25) is 0 Å². The fourth-order valence-corrected chi connectivity index (χ4v) is 4.25. The largest absolute Gasteiger partial charge is 0.444 e. The summed E-state index contributed by atoms with van der Waals surface area (Å²) in [5.41, 5.74) is -0.456. The monoisotopic (exact) mass is 452 g/mol. The predicted octanol–water partition coefficient (Wildman–Crippen LogP) is 4.67. The molecule has 1 heterocycles. The number of alkyl carbamates (subject to hydrolysis) is 1. The van der Waals surface area contributed by atoms with Gasteiger partial charge >= 0.3 is 6.09 Å². The molecule has 7 heteroatoms. The van der Waals surface area contributed by atoms with Crippen LogP contribution in [0.5, 0.6) is 0 Å². The first kappa shape index (κ1) is 18.2. The molecule has 0 aliphatic heterocycles. The van der Waals surface area contributed by atoms with Crippen molar-refractivity contribution in [3.05, 3.63) is 19.2 Å². The van der Waals surface area contributed by atoms with Crippen molar-refractivity contribution >= 4 is 49.3 Å². The highest BCUT2D eigenvalue weighted by atomic mass is 79.9. The molecule has 1 aromatic heterocycles. The maximum atomic E-state index is 11.8. The summed E-state index contributed by atoms with van der Waals surface area (Å²) in [4.78, 5) is 13.0. The summed E-state index contributed by atoms with van der Waals surface area (Å²) in [6.45, 7) is 7.03. The van der Waals surface area contributed by atoms with Crippen LogP contribution < -0.4 is 10.6 Å². The van der Waals surface area contributed by atoms with E-state index in [1.54, 1.807) is 11.3 Å². The van der Waals surface area contributed by atoms with Crippen molar-refractivity contribution in [1.82, 2.24) is 10.6 Å². The molecule has 0 saturated heterocycles. The lowest BCUT2D eigenvalue weighted by Crippen LogP contribution is -2.43. The van der Waals surface area contributed by atoms with Crippen molar-refractivity contribution in [3.63, 3.8) is 0 Å². The molecular weight excluding hydrogens is 432 g/mol. The summed E-state index contributed by atoms with van der Waals surface area (Å²) < 4.78 is 7.48. The van der Waals surface area contributed by atoms with Crippen LogP contribution in [0.15, 0.2) is 14.3 Å². The van der Waals surface area contributed by atoms with E-state index in [1.165, 1.54) is 17.7 Å². The molecule has 124 valence electrons. The average molecular weight is 454 g/mol. The van der Waals surface area contributed by atoms with Crippen LogP contribution in [0.4, 0.5) is 4.79 Å². The zero-order valence-corrected chi connectivity index (χ0v) is 17.0. The van der Waals surface area contributed by atoms with Gasteiger partial charge in [-0.25, -0.2) is 4.79 Å². The van der Waals surface area contributed by atoms with Gasteiger partial charge in [-0.15, -0.1) is 11.3 Å². The van der Waals surface area contributed by atoms with E-state index in [4.69, 9.17) is 4.74 Å². The Labute approximate surface area is 152 Å². The summed E-state index contributed by atoms with van der Waals surface area (Å²) in [6.07, 6.45) is 2.11. The smallest absolute Gasteiger partial charge is 0.407 e. The van der Waals surface area contributed by atoms with E-state index in [2.05, 4.69) is 48.6 Å². The number of hydrogen-bond acceptors (Lipinski definition) is 4. The molecule has 22 heavy (non-hydrogen) atoms. The average Bonchev–Trinajstić information content (AvgIpc) is 3.15. The van der Waals surface area contributed by atoms with Crippen molar-refractivity contribution in [2.24, 2.45) is 5.92 Å². The summed E-state index contributed by atoms with van der Waals surface area (Å²) in [7, 11) is 0. The number of amides is 1. The maximum Gasteiger partial charge on any atom is 0.407 e. The first-order valence-corrected chi connectivity index (χ1v) is 9.79. The number of carbonyl (C=O) groups excluding carboxylic acids is 1. The van der Waals surface area contributed by atoms with Gasteiger partial charge in [0.2, 0.25) is 0 Å². The van der Waals surface area contributed by atoms with Gasteiger partial charge in [-0.2, -0.15) is 0 Å². The van der Waals surface area contributed by atoms with Crippen LogP contribution in [0.3, 0.4) is 0 Å². The van der Waals surface area contributed by atoms with Gasteiger partial charge in [0.1, 0.15) is 5.60 Å². The van der Waals surface area contributed by atoms with Gasteiger partial charge in [0.05, 0.1) is 3.79 Å². The lowest BCUT2D eigenvalue weighted by molar-refractivity contribution is 0.0521. The fourth-order valence-electron chi connectivity index (χ4n) is 2.12. The number of rotatable bonds is 6. The molecule has 0 spiro atoms.